The highest BCUT2D eigenvalue weighted by atomic mass is 16.5. The Morgan fingerprint density at radius 2 is 2.25 bits per heavy atom. The third-order valence-electron chi connectivity index (χ3n) is 1.49. The number of carbonyl (C=O) groups excluding carboxylic acids is 1. The summed E-state index contributed by atoms with van der Waals surface area (Å²) in [5.74, 6) is 5.41. The summed E-state index contributed by atoms with van der Waals surface area (Å²) in [4.78, 5) is 11.0. The molecule has 0 aromatic heterocycles. The zero-order chi connectivity index (χ0) is 9.40. The Balaban J connectivity index is 3.99. The zero-order valence-electron chi connectivity index (χ0n) is 7.81. The fourth-order valence-corrected chi connectivity index (χ4v) is 0.818. The number of hydrogen-bond acceptors (Lipinski definition) is 2. The molecular formula is C10H14O2. The largest absolute Gasteiger partial charge is 0.466 e. The van der Waals surface area contributed by atoms with E-state index < -0.39 is 0 Å². The third kappa shape index (κ3) is 3.82. The van der Waals surface area contributed by atoms with Crippen molar-refractivity contribution in [1.82, 2.24) is 0 Å². The molecule has 0 aromatic rings. The highest BCUT2D eigenvalue weighted by Gasteiger charge is 2.05. The second-order valence-corrected chi connectivity index (χ2v) is 2.23. The van der Waals surface area contributed by atoms with Crippen LogP contribution in [0.25, 0.3) is 0 Å². The van der Waals surface area contributed by atoms with Gasteiger partial charge < -0.3 is 4.74 Å². The maximum absolute atomic E-state index is 11.0. The van der Waals surface area contributed by atoms with Gasteiger partial charge in [0.2, 0.25) is 0 Å². The second-order valence-electron chi connectivity index (χ2n) is 2.23. The van der Waals surface area contributed by atoms with Gasteiger partial charge in [-0.3, -0.25) is 0 Å². The van der Waals surface area contributed by atoms with Crippen molar-refractivity contribution in [2.45, 2.75) is 26.7 Å². The van der Waals surface area contributed by atoms with Crippen LogP contribution in [0.2, 0.25) is 0 Å². The molecule has 0 atom stereocenters. The van der Waals surface area contributed by atoms with Gasteiger partial charge in [-0.05, 0) is 20.3 Å². The smallest absolute Gasteiger partial charge is 0.333 e. The standard InChI is InChI=1S/C10H14O2/c1-4-6-7-8-9(5-2)10(11)12-3/h5H,7-8H2,1-3H3/b9-5+. The molecule has 0 aliphatic heterocycles. The van der Waals surface area contributed by atoms with Gasteiger partial charge >= 0.3 is 5.97 Å². The van der Waals surface area contributed by atoms with Gasteiger partial charge in [0.1, 0.15) is 0 Å². The molecular weight excluding hydrogens is 152 g/mol. The molecule has 0 fully saturated rings. The predicted molar refractivity (Wildman–Crippen MR) is 48.5 cm³/mol. The van der Waals surface area contributed by atoms with Crippen molar-refractivity contribution in [2.75, 3.05) is 7.11 Å². The van der Waals surface area contributed by atoms with Gasteiger partial charge in [0.05, 0.1) is 7.11 Å². The molecule has 0 rings (SSSR count). The lowest BCUT2D eigenvalue weighted by Gasteiger charge is -2.00. The first kappa shape index (κ1) is 10.8. The maximum Gasteiger partial charge on any atom is 0.333 e. The average molecular weight is 166 g/mol. The summed E-state index contributed by atoms with van der Waals surface area (Å²) in [6, 6.07) is 0. The number of carbonyl (C=O) groups is 1. The Labute approximate surface area is 73.6 Å². The second kappa shape index (κ2) is 6.48. The molecule has 0 bridgehead atoms. The number of hydrogen-bond donors (Lipinski definition) is 0. The van der Waals surface area contributed by atoms with Crippen LogP contribution in [0.5, 0.6) is 0 Å². The molecule has 2 nitrogen and oxygen atoms in total. The quantitative estimate of drug-likeness (QED) is 0.363. The summed E-state index contributed by atoms with van der Waals surface area (Å²) >= 11 is 0. The maximum atomic E-state index is 11.0. The fourth-order valence-electron chi connectivity index (χ4n) is 0.818. The minimum atomic E-state index is -0.254. The van der Waals surface area contributed by atoms with E-state index >= 15 is 0 Å². The van der Waals surface area contributed by atoms with Gasteiger partial charge in [0.15, 0.2) is 0 Å². The van der Waals surface area contributed by atoms with Crippen molar-refractivity contribution in [3.05, 3.63) is 11.6 Å². The van der Waals surface area contributed by atoms with E-state index in [2.05, 4.69) is 16.6 Å². The van der Waals surface area contributed by atoms with Gasteiger partial charge in [-0.2, -0.15) is 0 Å². The lowest BCUT2D eigenvalue weighted by molar-refractivity contribution is -0.136. The number of ether oxygens (including phenoxy) is 1. The van der Waals surface area contributed by atoms with E-state index in [1.807, 2.05) is 6.92 Å². The average Bonchev–Trinajstić information content (AvgIpc) is 2.11. The topological polar surface area (TPSA) is 26.3 Å². The van der Waals surface area contributed by atoms with E-state index in [1.54, 1.807) is 13.0 Å². The Bertz CT molecular complexity index is 228. The van der Waals surface area contributed by atoms with Crippen molar-refractivity contribution >= 4 is 5.97 Å². The van der Waals surface area contributed by atoms with E-state index in [9.17, 15) is 4.79 Å². The number of rotatable bonds is 3. The Morgan fingerprint density at radius 1 is 1.58 bits per heavy atom. The Morgan fingerprint density at radius 3 is 2.67 bits per heavy atom. The molecule has 0 heterocycles. The summed E-state index contributed by atoms with van der Waals surface area (Å²) in [5.41, 5.74) is 0.695. The zero-order valence-corrected chi connectivity index (χ0v) is 7.81. The monoisotopic (exact) mass is 166 g/mol. The molecule has 12 heavy (non-hydrogen) atoms. The van der Waals surface area contributed by atoms with E-state index in [1.165, 1.54) is 7.11 Å². The molecule has 0 unspecified atom stereocenters. The fraction of sp³-hybridized carbons (Fsp3) is 0.500. The van der Waals surface area contributed by atoms with Crippen LogP contribution in [0.3, 0.4) is 0 Å². The minimum Gasteiger partial charge on any atom is -0.466 e. The summed E-state index contributed by atoms with van der Waals surface area (Å²) < 4.78 is 4.58. The normalized spacial score (nSPS) is 10.1. The molecule has 0 N–H and O–H groups in total. The van der Waals surface area contributed by atoms with Gasteiger partial charge in [0.25, 0.3) is 0 Å². The van der Waals surface area contributed by atoms with Gasteiger partial charge in [-0.25, -0.2) is 4.79 Å². The van der Waals surface area contributed by atoms with Crippen molar-refractivity contribution < 1.29 is 9.53 Å². The lowest BCUT2D eigenvalue weighted by atomic mass is 10.1. The first-order chi connectivity index (χ1) is 5.76. The molecule has 0 aliphatic rings. The molecule has 0 saturated carbocycles. The van der Waals surface area contributed by atoms with Crippen LogP contribution in [0.1, 0.15) is 26.7 Å². The van der Waals surface area contributed by atoms with Gasteiger partial charge in [-0.1, -0.05) is 6.08 Å². The van der Waals surface area contributed by atoms with Crippen molar-refractivity contribution in [3.63, 3.8) is 0 Å². The molecule has 0 aliphatic carbocycles. The van der Waals surface area contributed by atoms with Crippen molar-refractivity contribution in [2.24, 2.45) is 0 Å². The Kier molecular flexibility index (Phi) is 5.81. The van der Waals surface area contributed by atoms with E-state index in [4.69, 9.17) is 0 Å². The van der Waals surface area contributed by atoms with Gasteiger partial charge in [0, 0.05) is 12.0 Å². The molecule has 0 aromatic carbocycles. The molecule has 0 radical (unpaired) electrons. The summed E-state index contributed by atoms with van der Waals surface area (Å²) in [5, 5.41) is 0. The Hall–Kier alpha value is -1.23. The number of methoxy groups -OCH3 is 1. The predicted octanol–water partition coefficient (Wildman–Crippen LogP) is 1.91. The summed E-state index contributed by atoms with van der Waals surface area (Å²) in [7, 11) is 1.39. The molecule has 66 valence electrons. The van der Waals surface area contributed by atoms with Crippen molar-refractivity contribution in [1.29, 1.82) is 0 Å². The van der Waals surface area contributed by atoms with Crippen LogP contribution >= 0.6 is 0 Å². The van der Waals surface area contributed by atoms with Crippen LogP contribution in [0, 0.1) is 11.8 Å². The first-order valence-corrected chi connectivity index (χ1v) is 3.89. The minimum absolute atomic E-state index is 0.254. The third-order valence-corrected chi connectivity index (χ3v) is 1.49. The molecule has 0 amide bonds. The highest BCUT2D eigenvalue weighted by Crippen LogP contribution is 2.05. The van der Waals surface area contributed by atoms with E-state index in [-0.39, 0.29) is 5.97 Å². The highest BCUT2D eigenvalue weighted by molar-refractivity contribution is 5.88. The van der Waals surface area contributed by atoms with Crippen LogP contribution in [0.4, 0.5) is 0 Å². The molecule has 0 saturated heterocycles. The summed E-state index contributed by atoms with van der Waals surface area (Å²) in [6.07, 6.45) is 3.15. The van der Waals surface area contributed by atoms with Crippen LogP contribution in [-0.2, 0) is 9.53 Å². The van der Waals surface area contributed by atoms with E-state index in [0.717, 1.165) is 0 Å². The lowest BCUT2D eigenvalue weighted by Crippen LogP contribution is -2.04. The number of allylic oxidation sites excluding steroid dienone is 1. The molecule has 2 heteroatoms. The molecule has 0 spiro atoms. The van der Waals surface area contributed by atoms with Crippen LogP contribution < -0.4 is 0 Å². The number of esters is 1. The first-order valence-electron chi connectivity index (χ1n) is 3.89. The SMILES string of the molecule is CC#CCC/C(=C\C)C(=O)OC. The van der Waals surface area contributed by atoms with Crippen LogP contribution in [0.15, 0.2) is 11.6 Å². The van der Waals surface area contributed by atoms with Crippen molar-refractivity contribution in [3.8, 4) is 11.8 Å². The van der Waals surface area contributed by atoms with Gasteiger partial charge in [-0.15, -0.1) is 11.8 Å². The summed E-state index contributed by atoms with van der Waals surface area (Å²) in [6.45, 7) is 3.61. The van der Waals surface area contributed by atoms with E-state index in [0.29, 0.717) is 18.4 Å². The van der Waals surface area contributed by atoms with Crippen LogP contribution in [-0.4, -0.2) is 13.1 Å².